The maximum absolute atomic E-state index is 13.3. The van der Waals surface area contributed by atoms with Crippen LogP contribution in [0.4, 0.5) is 0 Å². The van der Waals surface area contributed by atoms with Gasteiger partial charge in [-0.05, 0) is 68.0 Å². The molecule has 2 amide bonds. The van der Waals surface area contributed by atoms with Gasteiger partial charge in [-0.3, -0.25) is 9.59 Å². The zero-order valence-corrected chi connectivity index (χ0v) is 20.0. The van der Waals surface area contributed by atoms with Gasteiger partial charge in [0, 0.05) is 17.6 Å². The molecule has 0 unspecified atom stereocenters. The summed E-state index contributed by atoms with van der Waals surface area (Å²) in [4.78, 5) is 28.1. The van der Waals surface area contributed by atoms with Gasteiger partial charge in [-0.1, -0.05) is 55.6 Å². The fourth-order valence-corrected chi connectivity index (χ4v) is 4.31. The first kappa shape index (κ1) is 24.1. The molecule has 1 aliphatic carbocycles. The molecule has 6 heteroatoms. The smallest absolute Gasteiger partial charge is 0.261 e. The molecule has 3 rings (SSSR count). The van der Waals surface area contributed by atoms with Crippen molar-refractivity contribution >= 4 is 23.4 Å². The third-order valence-electron chi connectivity index (χ3n) is 6.18. The van der Waals surface area contributed by atoms with Crippen molar-refractivity contribution in [3.8, 4) is 5.75 Å². The lowest BCUT2D eigenvalue weighted by Crippen LogP contribution is -2.52. The van der Waals surface area contributed by atoms with E-state index in [0.29, 0.717) is 23.7 Å². The predicted molar refractivity (Wildman–Crippen MR) is 128 cm³/mol. The highest BCUT2D eigenvalue weighted by Crippen LogP contribution is 2.22. The fraction of sp³-hybridized carbons (Fsp3) is 0.462. The zero-order valence-electron chi connectivity index (χ0n) is 19.2. The Morgan fingerprint density at radius 1 is 1.12 bits per heavy atom. The largest absolute Gasteiger partial charge is 0.484 e. The van der Waals surface area contributed by atoms with Gasteiger partial charge in [0.05, 0.1) is 0 Å². The number of hydrogen-bond donors (Lipinski definition) is 1. The fourth-order valence-electron chi connectivity index (χ4n) is 4.19. The van der Waals surface area contributed by atoms with Gasteiger partial charge in [-0.15, -0.1) is 0 Å². The van der Waals surface area contributed by atoms with E-state index in [4.69, 9.17) is 16.3 Å². The minimum atomic E-state index is -0.543. The molecule has 0 radical (unpaired) electrons. The average Bonchev–Trinajstić information content (AvgIpc) is 3.28. The normalized spacial score (nSPS) is 14.8. The molecule has 1 atom stereocenters. The number of nitrogens with one attached hydrogen (secondary N) is 1. The van der Waals surface area contributed by atoms with Crippen LogP contribution >= 0.6 is 11.6 Å². The Hall–Kier alpha value is -2.53. The highest BCUT2D eigenvalue weighted by atomic mass is 35.5. The van der Waals surface area contributed by atoms with Gasteiger partial charge in [0.25, 0.3) is 5.91 Å². The molecular formula is C26H33ClN2O3. The van der Waals surface area contributed by atoms with Crippen LogP contribution in [-0.4, -0.2) is 35.4 Å². The van der Waals surface area contributed by atoms with Crippen molar-refractivity contribution in [2.24, 2.45) is 0 Å². The molecule has 0 saturated heterocycles. The van der Waals surface area contributed by atoms with E-state index in [1.165, 1.54) is 0 Å². The van der Waals surface area contributed by atoms with Gasteiger partial charge < -0.3 is 15.0 Å². The minimum Gasteiger partial charge on any atom is -0.484 e. The van der Waals surface area contributed by atoms with Crippen molar-refractivity contribution in [1.82, 2.24) is 10.2 Å². The second kappa shape index (κ2) is 11.4. The van der Waals surface area contributed by atoms with Crippen LogP contribution in [0.15, 0.2) is 42.5 Å². The third kappa shape index (κ3) is 6.26. The second-order valence-electron chi connectivity index (χ2n) is 8.56. The van der Waals surface area contributed by atoms with Crippen molar-refractivity contribution in [3.05, 3.63) is 64.2 Å². The number of ether oxygens (including phenoxy) is 1. The van der Waals surface area contributed by atoms with E-state index in [0.717, 1.165) is 42.4 Å². The van der Waals surface area contributed by atoms with Crippen LogP contribution in [0.5, 0.6) is 5.75 Å². The predicted octanol–water partition coefficient (Wildman–Crippen LogP) is 5.20. The topological polar surface area (TPSA) is 58.6 Å². The van der Waals surface area contributed by atoms with Gasteiger partial charge in [0.15, 0.2) is 6.61 Å². The molecular weight excluding hydrogens is 424 g/mol. The van der Waals surface area contributed by atoms with E-state index in [1.54, 1.807) is 17.0 Å². The van der Waals surface area contributed by atoms with Crippen LogP contribution in [0, 0.1) is 13.8 Å². The molecule has 0 spiro atoms. The van der Waals surface area contributed by atoms with E-state index in [9.17, 15) is 9.59 Å². The summed E-state index contributed by atoms with van der Waals surface area (Å²) in [6.45, 7) is 6.08. The average molecular weight is 457 g/mol. The molecule has 1 aliphatic rings. The first-order chi connectivity index (χ1) is 15.4. The van der Waals surface area contributed by atoms with Crippen LogP contribution in [0.2, 0.25) is 5.02 Å². The molecule has 1 N–H and O–H groups in total. The number of rotatable bonds is 9. The van der Waals surface area contributed by atoms with Crippen molar-refractivity contribution in [2.45, 2.75) is 71.5 Å². The Morgan fingerprint density at radius 3 is 2.50 bits per heavy atom. The van der Waals surface area contributed by atoms with Crippen LogP contribution in [0.1, 0.15) is 55.7 Å². The Balaban J connectivity index is 1.77. The van der Waals surface area contributed by atoms with E-state index in [-0.39, 0.29) is 24.5 Å². The number of aryl methyl sites for hydroxylation is 2. The number of halogens is 1. The first-order valence-corrected chi connectivity index (χ1v) is 11.8. The Morgan fingerprint density at radius 2 is 1.84 bits per heavy atom. The summed E-state index contributed by atoms with van der Waals surface area (Å²) in [7, 11) is 0. The van der Waals surface area contributed by atoms with Gasteiger partial charge in [-0.25, -0.2) is 0 Å². The van der Waals surface area contributed by atoms with E-state index in [1.807, 2.05) is 51.1 Å². The van der Waals surface area contributed by atoms with Crippen molar-refractivity contribution in [1.29, 1.82) is 0 Å². The van der Waals surface area contributed by atoms with Gasteiger partial charge in [-0.2, -0.15) is 0 Å². The number of amides is 2. The lowest BCUT2D eigenvalue weighted by Gasteiger charge is -2.32. The third-order valence-corrected chi connectivity index (χ3v) is 6.61. The minimum absolute atomic E-state index is 0.0799. The van der Waals surface area contributed by atoms with Crippen LogP contribution in [-0.2, 0) is 16.1 Å². The SMILES string of the molecule is CC[C@@H](C(=O)NC1CCCC1)N(Cc1ccccc1C)C(=O)COc1ccc(Cl)c(C)c1. The van der Waals surface area contributed by atoms with E-state index >= 15 is 0 Å². The van der Waals surface area contributed by atoms with Crippen molar-refractivity contribution in [2.75, 3.05) is 6.61 Å². The molecule has 1 fully saturated rings. The lowest BCUT2D eigenvalue weighted by atomic mass is 10.1. The lowest BCUT2D eigenvalue weighted by molar-refractivity contribution is -0.143. The van der Waals surface area contributed by atoms with Crippen LogP contribution in [0.3, 0.4) is 0 Å². The molecule has 1 saturated carbocycles. The zero-order chi connectivity index (χ0) is 23.1. The molecule has 0 bridgehead atoms. The summed E-state index contributed by atoms with van der Waals surface area (Å²) in [5, 5.41) is 3.82. The van der Waals surface area contributed by atoms with Gasteiger partial charge in [0.1, 0.15) is 11.8 Å². The van der Waals surface area contributed by atoms with E-state index < -0.39 is 6.04 Å². The summed E-state index contributed by atoms with van der Waals surface area (Å²) in [6.07, 6.45) is 4.83. The number of carbonyl (C=O) groups excluding carboxylic acids is 2. The molecule has 32 heavy (non-hydrogen) atoms. The van der Waals surface area contributed by atoms with Gasteiger partial charge >= 0.3 is 0 Å². The van der Waals surface area contributed by atoms with Crippen molar-refractivity contribution < 1.29 is 14.3 Å². The Bertz CT molecular complexity index is 940. The highest BCUT2D eigenvalue weighted by Gasteiger charge is 2.31. The number of nitrogens with zero attached hydrogens (tertiary/aromatic N) is 1. The summed E-state index contributed by atoms with van der Waals surface area (Å²) in [6, 6.07) is 12.9. The molecule has 0 heterocycles. The molecule has 2 aromatic rings. The quantitative estimate of drug-likeness (QED) is 0.564. The summed E-state index contributed by atoms with van der Waals surface area (Å²) in [5.41, 5.74) is 3.00. The Kier molecular flexibility index (Phi) is 8.57. The van der Waals surface area contributed by atoms with Crippen LogP contribution < -0.4 is 10.1 Å². The maximum Gasteiger partial charge on any atom is 0.261 e. The molecule has 0 aromatic heterocycles. The number of benzene rings is 2. The standard InChI is InChI=1S/C26H33ClN2O3/c1-4-24(26(31)28-21-11-7-8-12-21)29(16-20-10-6-5-9-18(20)2)25(30)17-32-22-13-14-23(27)19(3)15-22/h5-6,9-10,13-15,21,24H,4,7-8,11-12,16-17H2,1-3H3,(H,28,31)/t24-/m0/s1. The summed E-state index contributed by atoms with van der Waals surface area (Å²) < 4.78 is 5.78. The van der Waals surface area contributed by atoms with Gasteiger partial charge in [0.2, 0.25) is 5.91 Å². The molecule has 2 aromatic carbocycles. The maximum atomic E-state index is 13.3. The van der Waals surface area contributed by atoms with Crippen molar-refractivity contribution in [3.63, 3.8) is 0 Å². The molecule has 172 valence electrons. The summed E-state index contributed by atoms with van der Waals surface area (Å²) >= 11 is 6.09. The number of hydrogen-bond acceptors (Lipinski definition) is 3. The second-order valence-corrected chi connectivity index (χ2v) is 8.97. The summed E-state index contributed by atoms with van der Waals surface area (Å²) in [5.74, 6) is 0.289. The first-order valence-electron chi connectivity index (χ1n) is 11.4. The molecule has 5 nitrogen and oxygen atoms in total. The highest BCUT2D eigenvalue weighted by molar-refractivity contribution is 6.31. The monoisotopic (exact) mass is 456 g/mol. The van der Waals surface area contributed by atoms with Crippen LogP contribution in [0.25, 0.3) is 0 Å². The number of carbonyl (C=O) groups is 2. The van der Waals surface area contributed by atoms with E-state index in [2.05, 4.69) is 5.32 Å². The Labute approximate surface area is 196 Å². The molecule has 0 aliphatic heterocycles.